The molecule has 0 aliphatic carbocycles. The van der Waals surface area contributed by atoms with E-state index in [1.54, 1.807) is 0 Å². The maximum Gasteiger partial charge on any atom is 0.408 e. The maximum absolute atomic E-state index is 12.5. The molecule has 2 amide bonds. The first kappa shape index (κ1) is 22.0. The van der Waals surface area contributed by atoms with Crippen LogP contribution in [0.4, 0.5) is 4.79 Å². The van der Waals surface area contributed by atoms with Crippen molar-refractivity contribution in [3.8, 4) is 0 Å². The van der Waals surface area contributed by atoms with Crippen molar-refractivity contribution in [2.45, 2.75) is 40.3 Å². The summed E-state index contributed by atoms with van der Waals surface area (Å²) in [4.78, 5) is 26.7. The second kappa shape index (κ2) is 10.2. The van der Waals surface area contributed by atoms with Crippen molar-refractivity contribution in [2.75, 3.05) is 27.2 Å². The van der Waals surface area contributed by atoms with Crippen molar-refractivity contribution < 1.29 is 14.3 Å². The molecule has 146 valence electrons. The smallest absolute Gasteiger partial charge is 0.408 e. The van der Waals surface area contributed by atoms with E-state index in [1.165, 1.54) is 0 Å². The molecule has 0 saturated carbocycles. The Hall–Kier alpha value is -2.08. The quantitative estimate of drug-likeness (QED) is 0.708. The van der Waals surface area contributed by atoms with Gasteiger partial charge in [-0.05, 0) is 31.0 Å². The van der Waals surface area contributed by atoms with Gasteiger partial charge in [0.15, 0.2) is 0 Å². The van der Waals surface area contributed by atoms with E-state index in [0.29, 0.717) is 6.54 Å². The molecular formula is C20H33N3O3. The predicted octanol–water partition coefficient (Wildman–Crippen LogP) is 2.64. The summed E-state index contributed by atoms with van der Waals surface area (Å²) in [5, 5.41) is 5.63. The van der Waals surface area contributed by atoms with E-state index in [-0.39, 0.29) is 23.8 Å². The van der Waals surface area contributed by atoms with E-state index in [0.717, 1.165) is 12.1 Å². The molecule has 0 radical (unpaired) electrons. The number of hydrogen-bond acceptors (Lipinski definition) is 4. The lowest BCUT2D eigenvalue weighted by molar-refractivity contribution is -0.124. The van der Waals surface area contributed by atoms with E-state index in [2.05, 4.69) is 29.4 Å². The number of amides is 2. The molecule has 1 atom stereocenters. The molecular weight excluding hydrogens is 330 g/mol. The Balaban J connectivity index is 2.53. The van der Waals surface area contributed by atoms with E-state index >= 15 is 0 Å². The molecule has 1 aromatic carbocycles. The lowest BCUT2D eigenvalue weighted by Crippen LogP contribution is -2.52. The number of rotatable bonds is 9. The number of nitrogens with zero attached hydrogens (tertiary/aromatic N) is 1. The van der Waals surface area contributed by atoms with E-state index in [1.807, 2.05) is 58.3 Å². The average molecular weight is 364 g/mol. The van der Waals surface area contributed by atoms with Gasteiger partial charge < -0.3 is 20.3 Å². The zero-order valence-electron chi connectivity index (χ0n) is 16.8. The van der Waals surface area contributed by atoms with Gasteiger partial charge in [0.05, 0.1) is 0 Å². The number of nitrogens with one attached hydrogen (secondary N) is 2. The van der Waals surface area contributed by atoms with Crippen molar-refractivity contribution in [3.63, 3.8) is 0 Å². The lowest BCUT2D eigenvalue weighted by atomic mass is 9.92. The number of ether oxygens (including phenoxy) is 1. The van der Waals surface area contributed by atoms with Gasteiger partial charge in [0.2, 0.25) is 5.91 Å². The number of benzene rings is 1. The molecule has 2 N–H and O–H groups in total. The lowest BCUT2D eigenvalue weighted by Gasteiger charge is -2.30. The second-order valence-electron chi connectivity index (χ2n) is 8.05. The topological polar surface area (TPSA) is 70.7 Å². The third kappa shape index (κ3) is 8.34. The number of carbonyl (C=O) groups is 2. The van der Waals surface area contributed by atoms with Gasteiger partial charge in [0.1, 0.15) is 12.6 Å². The zero-order chi connectivity index (χ0) is 19.7. The Morgan fingerprint density at radius 3 is 2.31 bits per heavy atom. The van der Waals surface area contributed by atoms with Crippen LogP contribution in [-0.2, 0) is 16.1 Å². The molecule has 0 fully saturated rings. The third-order valence-corrected chi connectivity index (χ3v) is 3.92. The minimum atomic E-state index is -0.631. The molecule has 1 rings (SSSR count). The standard InChI is InChI=1S/C20H33N3O3/c1-15(2)17(18(24)21-13-20(3,4)14-23(5)6)22-19(25)26-12-16-10-8-7-9-11-16/h7-11,15,17H,12-14H2,1-6H3,(H,21,24)(H,22,25)/t17-/m0/s1. The molecule has 0 unspecified atom stereocenters. The molecule has 0 spiro atoms. The van der Waals surface area contributed by atoms with E-state index in [9.17, 15) is 9.59 Å². The average Bonchev–Trinajstić information content (AvgIpc) is 2.55. The van der Waals surface area contributed by atoms with E-state index < -0.39 is 12.1 Å². The maximum atomic E-state index is 12.5. The van der Waals surface area contributed by atoms with Crippen LogP contribution in [0, 0.1) is 11.3 Å². The predicted molar refractivity (Wildman–Crippen MR) is 104 cm³/mol. The Labute approximate surface area is 157 Å². The number of carbonyl (C=O) groups excluding carboxylic acids is 2. The van der Waals surface area contributed by atoms with Gasteiger partial charge in [-0.3, -0.25) is 4.79 Å². The Morgan fingerprint density at radius 2 is 1.77 bits per heavy atom. The first-order valence-electron chi connectivity index (χ1n) is 9.00. The van der Waals surface area contributed by atoms with Gasteiger partial charge in [0, 0.05) is 13.1 Å². The molecule has 1 aromatic rings. The Bertz CT molecular complexity index is 571. The second-order valence-corrected chi connectivity index (χ2v) is 8.05. The van der Waals surface area contributed by atoms with Crippen molar-refractivity contribution >= 4 is 12.0 Å². The summed E-state index contributed by atoms with van der Waals surface area (Å²) in [6, 6.07) is 8.81. The van der Waals surface area contributed by atoms with Gasteiger partial charge in [-0.2, -0.15) is 0 Å². The van der Waals surface area contributed by atoms with Crippen molar-refractivity contribution in [3.05, 3.63) is 35.9 Å². The zero-order valence-corrected chi connectivity index (χ0v) is 16.8. The minimum Gasteiger partial charge on any atom is -0.445 e. The first-order valence-corrected chi connectivity index (χ1v) is 9.00. The number of hydrogen-bond donors (Lipinski definition) is 2. The van der Waals surface area contributed by atoms with Crippen LogP contribution in [0.5, 0.6) is 0 Å². The highest BCUT2D eigenvalue weighted by molar-refractivity contribution is 5.85. The van der Waals surface area contributed by atoms with Gasteiger partial charge in [0.25, 0.3) is 0 Å². The first-order chi connectivity index (χ1) is 12.1. The highest BCUT2D eigenvalue weighted by atomic mass is 16.5. The van der Waals surface area contributed by atoms with Crippen LogP contribution in [0.1, 0.15) is 33.3 Å². The van der Waals surface area contributed by atoms with Gasteiger partial charge >= 0.3 is 6.09 Å². The molecule has 0 heterocycles. The van der Waals surface area contributed by atoms with Crippen LogP contribution in [-0.4, -0.2) is 50.1 Å². The van der Waals surface area contributed by atoms with Crippen LogP contribution in [0.2, 0.25) is 0 Å². The van der Waals surface area contributed by atoms with Crippen molar-refractivity contribution in [2.24, 2.45) is 11.3 Å². The molecule has 0 aliphatic rings. The number of alkyl carbamates (subject to hydrolysis) is 1. The normalized spacial score (nSPS) is 12.8. The molecule has 0 bridgehead atoms. The monoisotopic (exact) mass is 363 g/mol. The third-order valence-electron chi connectivity index (χ3n) is 3.92. The van der Waals surface area contributed by atoms with Gasteiger partial charge in [-0.1, -0.05) is 58.0 Å². The van der Waals surface area contributed by atoms with Crippen LogP contribution < -0.4 is 10.6 Å². The van der Waals surface area contributed by atoms with Gasteiger partial charge in [-0.15, -0.1) is 0 Å². The highest BCUT2D eigenvalue weighted by Gasteiger charge is 2.27. The Morgan fingerprint density at radius 1 is 1.15 bits per heavy atom. The molecule has 0 aromatic heterocycles. The fourth-order valence-electron chi connectivity index (χ4n) is 2.78. The fraction of sp³-hybridized carbons (Fsp3) is 0.600. The molecule has 26 heavy (non-hydrogen) atoms. The van der Waals surface area contributed by atoms with Gasteiger partial charge in [-0.25, -0.2) is 4.79 Å². The van der Waals surface area contributed by atoms with Crippen LogP contribution in [0.25, 0.3) is 0 Å². The van der Waals surface area contributed by atoms with Crippen molar-refractivity contribution in [1.29, 1.82) is 0 Å². The SMILES string of the molecule is CC(C)[C@H](NC(=O)OCc1ccccc1)C(=O)NCC(C)(C)CN(C)C. The molecule has 0 saturated heterocycles. The molecule has 6 nitrogen and oxygen atoms in total. The summed E-state index contributed by atoms with van der Waals surface area (Å²) in [6.45, 7) is 9.55. The molecule has 6 heteroatoms. The highest BCUT2D eigenvalue weighted by Crippen LogP contribution is 2.14. The summed E-state index contributed by atoms with van der Waals surface area (Å²) in [5.74, 6) is -0.236. The van der Waals surface area contributed by atoms with Crippen LogP contribution in [0.15, 0.2) is 30.3 Å². The fourth-order valence-corrected chi connectivity index (χ4v) is 2.78. The summed E-state index contributed by atoms with van der Waals surface area (Å²) in [7, 11) is 4.01. The largest absolute Gasteiger partial charge is 0.445 e. The van der Waals surface area contributed by atoms with Crippen LogP contribution >= 0.6 is 0 Å². The van der Waals surface area contributed by atoms with E-state index in [4.69, 9.17) is 4.74 Å². The summed E-state index contributed by atoms with van der Waals surface area (Å²) < 4.78 is 5.22. The summed E-state index contributed by atoms with van der Waals surface area (Å²) in [5.41, 5.74) is 0.841. The summed E-state index contributed by atoms with van der Waals surface area (Å²) >= 11 is 0. The Kier molecular flexibility index (Phi) is 8.58. The van der Waals surface area contributed by atoms with Crippen molar-refractivity contribution in [1.82, 2.24) is 15.5 Å². The van der Waals surface area contributed by atoms with Crippen LogP contribution in [0.3, 0.4) is 0 Å². The molecule has 0 aliphatic heterocycles. The summed E-state index contributed by atoms with van der Waals surface area (Å²) in [6.07, 6.45) is -0.588. The minimum absolute atomic E-state index is 0.0452.